The summed E-state index contributed by atoms with van der Waals surface area (Å²) in [6.45, 7) is -0.0799. The molecule has 0 aromatic rings. The van der Waals surface area contributed by atoms with Crippen LogP contribution in [0.4, 0.5) is 4.79 Å². The summed E-state index contributed by atoms with van der Waals surface area (Å²) in [4.78, 5) is 33.7. The highest BCUT2D eigenvalue weighted by atomic mass is 79.9. The van der Waals surface area contributed by atoms with E-state index in [1.807, 2.05) is 0 Å². The molecule has 1 heterocycles. The van der Waals surface area contributed by atoms with Crippen molar-refractivity contribution >= 4 is 33.8 Å². The lowest BCUT2D eigenvalue weighted by molar-refractivity contribution is -0.137. The molecule has 1 atom stereocenters. The highest BCUT2D eigenvalue weighted by molar-refractivity contribution is 9.09. The van der Waals surface area contributed by atoms with Gasteiger partial charge in [-0.1, -0.05) is 15.9 Å². The maximum Gasteiger partial charge on any atom is 0.324 e. The molecule has 0 saturated carbocycles. The first-order valence-corrected chi connectivity index (χ1v) is 5.08. The molecule has 0 aliphatic carbocycles. The molecule has 2 N–H and O–H groups in total. The first-order chi connectivity index (χ1) is 6.56. The SMILES string of the molecule is O=C(O)CCN1C(=O)NC(CBr)C1=O. The van der Waals surface area contributed by atoms with Gasteiger partial charge in [0.1, 0.15) is 6.04 Å². The van der Waals surface area contributed by atoms with Crippen molar-refractivity contribution in [2.75, 3.05) is 11.9 Å². The summed E-state index contributed by atoms with van der Waals surface area (Å²) in [7, 11) is 0. The Hall–Kier alpha value is -1.11. The maximum absolute atomic E-state index is 11.4. The van der Waals surface area contributed by atoms with Gasteiger partial charge in [-0.05, 0) is 0 Å². The fourth-order valence-electron chi connectivity index (χ4n) is 1.10. The standard InChI is InChI=1S/C7H9BrN2O4/c8-3-4-6(13)10(7(14)9-4)2-1-5(11)12/h4H,1-3H2,(H,9,14)(H,11,12). The fourth-order valence-corrected chi connectivity index (χ4v) is 1.54. The largest absolute Gasteiger partial charge is 0.481 e. The van der Waals surface area contributed by atoms with Crippen LogP contribution in [-0.2, 0) is 9.59 Å². The van der Waals surface area contributed by atoms with Crippen LogP contribution in [0.25, 0.3) is 0 Å². The molecular weight excluding hydrogens is 256 g/mol. The Labute approximate surface area is 88.4 Å². The van der Waals surface area contributed by atoms with E-state index in [1.165, 1.54) is 0 Å². The van der Waals surface area contributed by atoms with E-state index >= 15 is 0 Å². The van der Waals surface area contributed by atoms with E-state index in [1.54, 1.807) is 0 Å². The molecule has 0 spiro atoms. The highest BCUT2D eigenvalue weighted by Gasteiger charge is 2.36. The van der Waals surface area contributed by atoms with E-state index in [2.05, 4.69) is 21.2 Å². The third kappa shape index (κ3) is 2.22. The Bertz CT molecular complexity index is 281. The molecule has 1 aliphatic rings. The molecule has 7 heteroatoms. The molecule has 14 heavy (non-hydrogen) atoms. The van der Waals surface area contributed by atoms with Gasteiger partial charge in [-0.25, -0.2) is 4.79 Å². The van der Waals surface area contributed by atoms with Gasteiger partial charge in [0.2, 0.25) is 0 Å². The van der Waals surface area contributed by atoms with Gasteiger partial charge in [0, 0.05) is 11.9 Å². The normalized spacial score (nSPS) is 21.2. The number of carboxylic acids is 1. The number of amides is 3. The van der Waals surface area contributed by atoms with Crippen molar-refractivity contribution in [1.82, 2.24) is 10.2 Å². The van der Waals surface area contributed by atoms with Crippen molar-refractivity contribution in [3.8, 4) is 0 Å². The summed E-state index contributed by atoms with van der Waals surface area (Å²) in [6, 6.07) is -1.10. The maximum atomic E-state index is 11.4. The summed E-state index contributed by atoms with van der Waals surface area (Å²) < 4.78 is 0. The van der Waals surface area contributed by atoms with Crippen LogP contribution in [0.5, 0.6) is 0 Å². The van der Waals surface area contributed by atoms with Crippen LogP contribution in [0, 0.1) is 0 Å². The monoisotopic (exact) mass is 264 g/mol. The molecule has 3 amide bonds. The number of aliphatic carboxylic acids is 1. The average Bonchev–Trinajstić information content (AvgIpc) is 2.39. The molecule has 78 valence electrons. The molecule has 1 rings (SSSR count). The zero-order valence-corrected chi connectivity index (χ0v) is 8.78. The van der Waals surface area contributed by atoms with Gasteiger partial charge in [0.25, 0.3) is 5.91 Å². The van der Waals surface area contributed by atoms with Crippen LogP contribution in [0.3, 0.4) is 0 Å². The lowest BCUT2D eigenvalue weighted by Crippen LogP contribution is -2.33. The predicted molar refractivity (Wildman–Crippen MR) is 50.1 cm³/mol. The zero-order valence-electron chi connectivity index (χ0n) is 7.20. The number of nitrogens with zero attached hydrogens (tertiary/aromatic N) is 1. The minimum atomic E-state index is -1.03. The Morgan fingerprint density at radius 1 is 1.57 bits per heavy atom. The fraction of sp³-hybridized carbons (Fsp3) is 0.571. The smallest absolute Gasteiger partial charge is 0.324 e. The second-order valence-corrected chi connectivity index (χ2v) is 3.44. The zero-order chi connectivity index (χ0) is 10.7. The molecule has 0 bridgehead atoms. The Morgan fingerprint density at radius 3 is 2.64 bits per heavy atom. The van der Waals surface area contributed by atoms with Crippen LogP contribution < -0.4 is 5.32 Å². The molecule has 1 saturated heterocycles. The Morgan fingerprint density at radius 2 is 2.21 bits per heavy atom. The van der Waals surface area contributed by atoms with E-state index in [0.29, 0.717) is 5.33 Å². The molecule has 1 aliphatic heterocycles. The molecule has 0 aromatic carbocycles. The van der Waals surface area contributed by atoms with Gasteiger partial charge in [-0.2, -0.15) is 0 Å². The van der Waals surface area contributed by atoms with Gasteiger partial charge < -0.3 is 10.4 Å². The summed E-state index contributed by atoms with van der Waals surface area (Å²) in [6.07, 6.45) is -0.228. The number of nitrogens with one attached hydrogen (secondary N) is 1. The minimum absolute atomic E-state index is 0.0799. The van der Waals surface area contributed by atoms with E-state index in [0.717, 1.165) is 4.90 Å². The van der Waals surface area contributed by atoms with Crippen molar-refractivity contribution < 1.29 is 19.5 Å². The second kappa shape index (κ2) is 4.41. The summed E-state index contributed by atoms with van der Waals surface area (Å²) in [5, 5.41) is 11.1. The number of urea groups is 1. The Balaban J connectivity index is 2.56. The van der Waals surface area contributed by atoms with E-state index in [9.17, 15) is 14.4 Å². The quantitative estimate of drug-likeness (QED) is 0.543. The number of carboxylic acid groups (broad SMARTS) is 1. The summed E-state index contributed by atoms with van der Waals surface area (Å²) in [5.74, 6) is -1.42. The van der Waals surface area contributed by atoms with Crippen molar-refractivity contribution in [3.05, 3.63) is 0 Å². The van der Waals surface area contributed by atoms with Crippen LogP contribution in [0.1, 0.15) is 6.42 Å². The molecular formula is C7H9BrN2O4. The number of carbonyl (C=O) groups excluding carboxylic acids is 2. The topological polar surface area (TPSA) is 86.7 Å². The number of carbonyl (C=O) groups is 3. The summed E-state index contributed by atoms with van der Waals surface area (Å²) >= 11 is 3.07. The lowest BCUT2D eigenvalue weighted by atomic mass is 10.3. The first kappa shape index (κ1) is 11.0. The Kier molecular flexibility index (Phi) is 3.45. The number of rotatable bonds is 4. The third-order valence-electron chi connectivity index (χ3n) is 1.81. The van der Waals surface area contributed by atoms with E-state index in [-0.39, 0.29) is 18.9 Å². The van der Waals surface area contributed by atoms with Gasteiger partial charge in [-0.15, -0.1) is 0 Å². The van der Waals surface area contributed by atoms with Gasteiger partial charge in [-0.3, -0.25) is 14.5 Å². The number of halogens is 1. The highest BCUT2D eigenvalue weighted by Crippen LogP contribution is 2.08. The van der Waals surface area contributed by atoms with Crippen molar-refractivity contribution in [2.45, 2.75) is 12.5 Å². The van der Waals surface area contributed by atoms with Crippen molar-refractivity contribution in [3.63, 3.8) is 0 Å². The average molecular weight is 265 g/mol. The second-order valence-electron chi connectivity index (χ2n) is 2.79. The predicted octanol–water partition coefficient (Wildman–Crippen LogP) is -0.224. The van der Waals surface area contributed by atoms with Gasteiger partial charge in [0.05, 0.1) is 6.42 Å². The van der Waals surface area contributed by atoms with Crippen LogP contribution in [-0.4, -0.2) is 45.8 Å². The number of hydrogen-bond donors (Lipinski definition) is 2. The molecule has 0 radical (unpaired) electrons. The lowest BCUT2D eigenvalue weighted by Gasteiger charge is -2.10. The summed E-state index contributed by atoms with van der Waals surface area (Å²) in [5.41, 5.74) is 0. The number of alkyl halides is 1. The van der Waals surface area contributed by atoms with Gasteiger partial charge >= 0.3 is 12.0 Å². The third-order valence-corrected chi connectivity index (χ3v) is 2.46. The van der Waals surface area contributed by atoms with Crippen molar-refractivity contribution in [1.29, 1.82) is 0 Å². The van der Waals surface area contributed by atoms with Crippen molar-refractivity contribution in [2.24, 2.45) is 0 Å². The van der Waals surface area contributed by atoms with Gasteiger partial charge in [0.15, 0.2) is 0 Å². The molecule has 0 aromatic heterocycles. The number of imide groups is 1. The van der Waals surface area contributed by atoms with Crippen LogP contribution in [0.2, 0.25) is 0 Å². The van der Waals surface area contributed by atoms with E-state index in [4.69, 9.17) is 5.11 Å². The van der Waals surface area contributed by atoms with Crippen LogP contribution >= 0.6 is 15.9 Å². The minimum Gasteiger partial charge on any atom is -0.481 e. The molecule has 6 nitrogen and oxygen atoms in total. The first-order valence-electron chi connectivity index (χ1n) is 3.96. The molecule has 1 fully saturated rings. The number of hydrogen-bond acceptors (Lipinski definition) is 3. The molecule has 1 unspecified atom stereocenters. The van der Waals surface area contributed by atoms with E-state index < -0.39 is 18.0 Å². The van der Waals surface area contributed by atoms with Crippen LogP contribution in [0.15, 0.2) is 0 Å².